The molecule has 0 spiro atoms. The standard InChI is InChI=1S/C18H21F3N2O4S/c1-28-10-7-14(15(24)22-8-4-9-27-11-18(19,20)21)23-16(25)12-5-2-3-6-13(12)17(23)26/h2-3,5-6,14H,4,7-11H2,1H3,(H,22,24)/t14-/m1/s1. The van der Waals surface area contributed by atoms with Crippen molar-refractivity contribution in [1.82, 2.24) is 10.2 Å². The van der Waals surface area contributed by atoms with Crippen LogP contribution >= 0.6 is 11.8 Å². The van der Waals surface area contributed by atoms with Crippen LogP contribution in [-0.4, -0.2) is 66.6 Å². The number of alkyl halides is 3. The van der Waals surface area contributed by atoms with E-state index in [0.717, 1.165) is 4.90 Å². The summed E-state index contributed by atoms with van der Waals surface area (Å²) >= 11 is 1.47. The third-order valence-electron chi connectivity index (χ3n) is 4.07. The lowest BCUT2D eigenvalue weighted by atomic mass is 10.1. The van der Waals surface area contributed by atoms with Crippen LogP contribution in [-0.2, 0) is 9.53 Å². The Morgan fingerprint density at radius 3 is 2.36 bits per heavy atom. The summed E-state index contributed by atoms with van der Waals surface area (Å²) in [7, 11) is 0. The first kappa shape index (κ1) is 22.2. The van der Waals surface area contributed by atoms with Gasteiger partial charge in [0.25, 0.3) is 11.8 Å². The van der Waals surface area contributed by atoms with Crippen molar-refractivity contribution in [1.29, 1.82) is 0 Å². The molecule has 0 saturated carbocycles. The van der Waals surface area contributed by atoms with Gasteiger partial charge in [-0.05, 0) is 37.0 Å². The molecule has 154 valence electrons. The smallest absolute Gasteiger partial charge is 0.372 e. The number of rotatable bonds is 10. The molecule has 0 radical (unpaired) electrons. The topological polar surface area (TPSA) is 75.7 Å². The molecule has 0 aromatic heterocycles. The van der Waals surface area contributed by atoms with Gasteiger partial charge in [0.1, 0.15) is 12.6 Å². The van der Waals surface area contributed by atoms with Gasteiger partial charge in [0.15, 0.2) is 0 Å². The van der Waals surface area contributed by atoms with Gasteiger partial charge in [0, 0.05) is 13.2 Å². The fourth-order valence-corrected chi connectivity index (χ4v) is 3.25. The number of hydrogen-bond donors (Lipinski definition) is 1. The van der Waals surface area contributed by atoms with Crippen LogP contribution in [0.25, 0.3) is 0 Å². The van der Waals surface area contributed by atoms with Crippen LogP contribution in [0.4, 0.5) is 13.2 Å². The van der Waals surface area contributed by atoms with E-state index in [1.54, 1.807) is 12.1 Å². The van der Waals surface area contributed by atoms with Gasteiger partial charge in [-0.1, -0.05) is 12.1 Å². The lowest BCUT2D eigenvalue weighted by Gasteiger charge is -2.25. The molecular formula is C18H21F3N2O4S. The summed E-state index contributed by atoms with van der Waals surface area (Å²) in [6.07, 6.45) is -2.09. The van der Waals surface area contributed by atoms with E-state index in [4.69, 9.17) is 0 Å². The first-order valence-corrected chi connectivity index (χ1v) is 10.0. The number of hydrogen-bond acceptors (Lipinski definition) is 5. The molecule has 3 amide bonds. The zero-order valence-corrected chi connectivity index (χ0v) is 16.1. The van der Waals surface area contributed by atoms with Crippen LogP contribution in [0.3, 0.4) is 0 Å². The van der Waals surface area contributed by atoms with Crippen molar-refractivity contribution in [3.05, 3.63) is 35.4 Å². The van der Waals surface area contributed by atoms with Gasteiger partial charge in [0.05, 0.1) is 11.1 Å². The molecule has 1 atom stereocenters. The highest BCUT2D eigenvalue weighted by molar-refractivity contribution is 7.98. The molecule has 0 unspecified atom stereocenters. The van der Waals surface area contributed by atoms with Crippen molar-refractivity contribution in [3.8, 4) is 0 Å². The lowest BCUT2D eigenvalue weighted by Crippen LogP contribution is -2.50. The van der Waals surface area contributed by atoms with Crippen molar-refractivity contribution in [2.24, 2.45) is 0 Å². The molecule has 10 heteroatoms. The number of amides is 3. The molecule has 1 heterocycles. The number of imide groups is 1. The van der Waals surface area contributed by atoms with E-state index in [0.29, 0.717) is 5.75 Å². The molecular weight excluding hydrogens is 397 g/mol. The quantitative estimate of drug-likeness (QED) is 0.467. The van der Waals surface area contributed by atoms with Crippen molar-refractivity contribution < 1.29 is 32.3 Å². The second-order valence-corrected chi connectivity index (χ2v) is 7.12. The number of nitrogens with one attached hydrogen (secondary N) is 1. The minimum absolute atomic E-state index is 0.0790. The molecule has 0 bridgehead atoms. The highest BCUT2D eigenvalue weighted by Gasteiger charge is 2.42. The number of benzene rings is 1. The number of fused-ring (bicyclic) bond motifs is 1. The first-order chi connectivity index (χ1) is 13.3. The third-order valence-corrected chi connectivity index (χ3v) is 4.71. The number of carbonyl (C=O) groups is 3. The summed E-state index contributed by atoms with van der Waals surface area (Å²) in [5.41, 5.74) is 0.519. The highest BCUT2D eigenvalue weighted by atomic mass is 32.2. The number of nitrogens with zero attached hydrogens (tertiary/aromatic N) is 1. The van der Waals surface area contributed by atoms with Gasteiger partial charge < -0.3 is 10.1 Å². The van der Waals surface area contributed by atoms with Crippen LogP contribution in [0.1, 0.15) is 33.6 Å². The van der Waals surface area contributed by atoms with Gasteiger partial charge in [-0.25, -0.2) is 0 Å². The van der Waals surface area contributed by atoms with Gasteiger partial charge in [-0.2, -0.15) is 24.9 Å². The molecule has 0 aliphatic carbocycles. The minimum Gasteiger partial charge on any atom is -0.372 e. The number of carbonyl (C=O) groups excluding carboxylic acids is 3. The lowest BCUT2D eigenvalue weighted by molar-refractivity contribution is -0.174. The van der Waals surface area contributed by atoms with E-state index in [1.807, 2.05) is 6.26 Å². The summed E-state index contributed by atoms with van der Waals surface area (Å²) in [5, 5.41) is 2.58. The number of thioether (sulfide) groups is 1. The van der Waals surface area contributed by atoms with Crippen molar-refractivity contribution in [2.75, 3.05) is 31.8 Å². The number of ether oxygens (including phenoxy) is 1. The zero-order valence-electron chi connectivity index (χ0n) is 15.3. The summed E-state index contributed by atoms with van der Waals surface area (Å²) < 4.78 is 40.5. The Morgan fingerprint density at radius 2 is 1.82 bits per heavy atom. The first-order valence-electron chi connectivity index (χ1n) is 8.64. The summed E-state index contributed by atoms with van der Waals surface area (Å²) in [4.78, 5) is 38.8. The van der Waals surface area contributed by atoms with E-state index in [9.17, 15) is 27.6 Å². The third kappa shape index (κ3) is 5.71. The van der Waals surface area contributed by atoms with Crippen LogP contribution in [0.5, 0.6) is 0 Å². The van der Waals surface area contributed by atoms with E-state index >= 15 is 0 Å². The molecule has 1 aliphatic heterocycles. The van der Waals surface area contributed by atoms with Crippen LogP contribution < -0.4 is 5.32 Å². The predicted octanol–water partition coefficient (Wildman–Crippen LogP) is 2.49. The molecule has 1 aromatic carbocycles. The Balaban J connectivity index is 1.95. The molecule has 0 fully saturated rings. The van der Waals surface area contributed by atoms with Crippen molar-refractivity contribution in [3.63, 3.8) is 0 Å². The Morgan fingerprint density at radius 1 is 1.21 bits per heavy atom. The SMILES string of the molecule is CSCC[C@H](C(=O)NCCCOCC(F)(F)F)N1C(=O)c2ccccc2C1=O. The maximum absolute atomic E-state index is 12.6. The fourth-order valence-electron chi connectivity index (χ4n) is 2.79. The molecule has 1 aliphatic rings. The number of halogens is 3. The van der Waals surface area contributed by atoms with Gasteiger partial charge in [0.2, 0.25) is 5.91 Å². The molecule has 1 N–H and O–H groups in total. The average Bonchev–Trinajstić information content (AvgIpc) is 2.89. The molecule has 0 saturated heterocycles. The van der Waals surface area contributed by atoms with Gasteiger partial charge in [-0.3, -0.25) is 19.3 Å². The summed E-state index contributed by atoms with van der Waals surface area (Å²) in [6, 6.07) is 5.39. The van der Waals surface area contributed by atoms with E-state index in [1.165, 1.54) is 23.9 Å². The Kier molecular flexibility index (Phi) is 7.88. The molecule has 6 nitrogen and oxygen atoms in total. The Labute approximate surface area is 164 Å². The summed E-state index contributed by atoms with van der Waals surface area (Å²) in [6.45, 7) is -1.43. The monoisotopic (exact) mass is 418 g/mol. The second kappa shape index (κ2) is 9.92. The zero-order chi connectivity index (χ0) is 20.7. The van der Waals surface area contributed by atoms with Gasteiger partial charge >= 0.3 is 6.18 Å². The van der Waals surface area contributed by atoms with Crippen molar-refractivity contribution >= 4 is 29.5 Å². The van der Waals surface area contributed by atoms with Crippen molar-refractivity contribution in [2.45, 2.75) is 25.1 Å². The maximum Gasteiger partial charge on any atom is 0.411 e. The van der Waals surface area contributed by atoms with Crippen LogP contribution in [0.2, 0.25) is 0 Å². The molecule has 28 heavy (non-hydrogen) atoms. The Hall–Kier alpha value is -2.07. The second-order valence-electron chi connectivity index (χ2n) is 6.14. The molecule has 1 aromatic rings. The predicted molar refractivity (Wildman–Crippen MR) is 98.2 cm³/mol. The van der Waals surface area contributed by atoms with Gasteiger partial charge in [-0.15, -0.1) is 0 Å². The van der Waals surface area contributed by atoms with Crippen LogP contribution in [0, 0.1) is 0 Å². The van der Waals surface area contributed by atoms with E-state index < -0.39 is 36.5 Å². The Bertz CT molecular complexity index is 692. The largest absolute Gasteiger partial charge is 0.411 e. The fraction of sp³-hybridized carbons (Fsp3) is 0.500. The normalized spacial score (nSPS) is 14.9. The maximum atomic E-state index is 12.6. The minimum atomic E-state index is -4.39. The highest BCUT2D eigenvalue weighted by Crippen LogP contribution is 2.26. The van der Waals surface area contributed by atoms with E-state index in [2.05, 4.69) is 10.1 Å². The van der Waals surface area contributed by atoms with E-state index in [-0.39, 0.29) is 37.1 Å². The average molecular weight is 418 g/mol. The van der Waals surface area contributed by atoms with Crippen LogP contribution in [0.15, 0.2) is 24.3 Å². The molecule has 2 rings (SSSR count). The summed E-state index contributed by atoms with van der Waals surface area (Å²) in [5.74, 6) is -0.995.